The van der Waals surface area contributed by atoms with Gasteiger partial charge in [-0.25, -0.2) is 9.37 Å². The summed E-state index contributed by atoms with van der Waals surface area (Å²) in [5.74, 6) is 0.397. The van der Waals surface area contributed by atoms with Crippen LogP contribution in [0, 0.1) is 5.82 Å². The lowest BCUT2D eigenvalue weighted by Gasteiger charge is -2.26. The van der Waals surface area contributed by atoms with Crippen LogP contribution in [0.3, 0.4) is 0 Å². The summed E-state index contributed by atoms with van der Waals surface area (Å²) in [5.41, 5.74) is 2.53. The van der Waals surface area contributed by atoms with Crippen LogP contribution < -0.4 is 10.6 Å². The summed E-state index contributed by atoms with van der Waals surface area (Å²) in [4.78, 5) is 8.22. The molecule has 7 heteroatoms. The second kappa shape index (κ2) is 10.4. The Morgan fingerprint density at radius 1 is 1.14 bits per heavy atom. The molecule has 3 aromatic rings. The Morgan fingerprint density at radius 3 is 2.52 bits per heavy atom. The fraction of sp³-hybridized carbons (Fsp3) is 0.273. The Kier molecular flexibility index (Phi) is 8.19. The second-order valence-corrected chi connectivity index (χ2v) is 7.28. The molecule has 1 aromatic heterocycles. The number of imidazole rings is 1. The number of benzene rings is 2. The van der Waals surface area contributed by atoms with Gasteiger partial charge in [0, 0.05) is 37.9 Å². The van der Waals surface area contributed by atoms with E-state index in [9.17, 15) is 4.39 Å². The zero-order chi connectivity index (χ0) is 20.0. The minimum atomic E-state index is -0.287. The van der Waals surface area contributed by atoms with Crippen LogP contribution in [-0.4, -0.2) is 29.1 Å². The number of aromatic nitrogens is 2. The third kappa shape index (κ3) is 6.03. The predicted molar refractivity (Wildman–Crippen MR) is 127 cm³/mol. The van der Waals surface area contributed by atoms with Crippen LogP contribution in [0.1, 0.15) is 25.0 Å². The molecule has 0 unspecified atom stereocenters. The number of nitrogens with one attached hydrogen (secondary N) is 2. The summed E-state index contributed by atoms with van der Waals surface area (Å²) in [6.45, 7) is 5.58. The van der Waals surface area contributed by atoms with Gasteiger partial charge in [0.2, 0.25) is 0 Å². The average Bonchev–Trinajstić information content (AvgIpc) is 3.23. The molecule has 3 rings (SSSR count). The maximum atomic E-state index is 14.4. The maximum Gasteiger partial charge on any atom is 0.191 e. The predicted octanol–water partition coefficient (Wildman–Crippen LogP) is 4.27. The molecule has 0 aliphatic rings. The van der Waals surface area contributed by atoms with Gasteiger partial charge >= 0.3 is 0 Å². The van der Waals surface area contributed by atoms with E-state index in [0.29, 0.717) is 18.2 Å². The molecule has 0 bridgehead atoms. The molecule has 0 aliphatic heterocycles. The highest BCUT2D eigenvalue weighted by atomic mass is 127. The molecule has 1 heterocycles. The Morgan fingerprint density at radius 2 is 1.90 bits per heavy atom. The number of hydrogen-bond acceptors (Lipinski definition) is 2. The van der Waals surface area contributed by atoms with E-state index in [1.807, 2.05) is 24.3 Å². The Labute approximate surface area is 188 Å². The lowest BCUT2D eigenvalue weighted by molar-refractivity contribution is 0.508. The van der Waals surface area contributed by atoms with E-state index < -0.39 is 0 Å². The molecular formula is C22H27FIN5. The minimum Gasteiger partial charge on any atom is -0.356 e. The fourth-order valence-electron chi connectivity index (χ4n) is 2.97. The van der Waals surface area contributed by atoms with E-state index in [-0.39, 0.29) is 35.2 Å². The van der Waals surface area contributed by atoms with Gasteiger partial charge in [0.05, 0.1) is 12.0 Å². The van der Waals surface area contributed by atoms with Crippen molar-refractivity contribution in [3.8, 4) is 5.69 Å². The van der Waals surface area contributed by atoms with Crippen molar-refractivity contribution in [2.24, 2.45) is 4.99 Å². The zero-order valence-electron chi connectivity index (χ0n) is 16.9. The SMILES string of the molecule is CN=C(NCc1ccc(-n2ccnc2)c(F)c1)NCC(C)(C)c1ccccc1.I. The molecule has 29 heavy (non-hydrogen) atoms. The highest BCUT2D eigenvalue weighted by Crippen LogP contribution is 2.21. The van der Waals surface area contributed by atoms with E-state index in [0.717, 1.165) is 12.1 Å². The molecule has 0 atom stereocenters. The standard InChI is InChI=1S/C22H26FN5.HI/c1-22(2,18-7-5-4-6-8-18)15-27-21(24-3)26-14-17-9-10-20(19(23)13-17)28-12-11-25-16-28;/h4-13,16H,14-15H2,1-3H3,(H2,24,26,27);1H. The summed E-state index contributed by atoms with van der Waals surface area (Å²) in [7, 11) is 1.73. The minimum absolute atomic E-state index is 0. The number of guanidine groups is 1. The van der Waals surface area contributed by atoms with Gasteiger partial charge in [0.15, 0.2) is 5.96 Å². The van der Waals surface area contributed by atoms with Crippen molar-refractivity contribution in [3.63, 3.8) is 0 Å². The smallest absolute Gasteiger partial charge is 0.191 e. The third-order valence-corrected chi connectivity index (χ3v) is 4.73. The molecule has 154 valence electrons. The average molecular weight is 507 g/mol. The van der Waals surface area contributed by atoms with Crippen molar-refractivity contribution in [3.05, 3.63) is 84.2 Å². The van der Waals surface area contributed by atoms with Crippen LogP contribution in [0.15, 0.2) is 72.2 Å². The van der Waals surface area contributed by atoms with Crippen LogP contribution in [0.5, 0.6) is 0 Å². The summed E-state index contributed by atoms with van der Waals surface area (Å²) in [6.07, 6.45) is 4.93. The lowest BCUT2D eigenvalue weighted by Crippen LogP contribution is -2.43. The first-order chi connectivity index (χ1) is 13.5. The van der Waals surface area contributed by atoms with Crippen molar-refractivity contribution >= 4 is 29.9 Å². The monoisotopic (exact) mass is 507 g/mol. The molecule has 0 saturated carbocycles. The summed E-state index contributed by atoms with van der Waals surface area (Å²) in [5, 5.41) is 6.60. The first-order valence-corrected chi connectivity index (χ1v) is 9.26. The van der Waals surface area contributed by atoms with Crippen molar-refractivity contribution in [1.82, 2.24) is 20.2 Å². The first kappa shape index (κ1) is 22.9. The summed E-state index contributed by atoms with van der Waals surface area (Å²) < 4.78 is 16.0. The third-order valence-electron chi connectivity index (χ3n) is 4.73. The van der Waals surface area contributed by atoms with Crippen molar-refractivity contribution < 1.29 is 4.39 Å². The Balaban J connectivity index is 0.00000300. The van der Waals surface area contributed by atoms with Crippen molar-refractivity contribution in [1.29, 1.82) is 0 Å². The first-order valence-electron chi connectivity index (χ1n) is 9.26. The van der Waals surface area contributed by atoms with Gasteiger partial charge in [-0.3, -0.25) is 4.99 Å². The lowest BCUT2D eigenvalue weighted by atomic mass is 9.85. The molecule has 2 aromatic carbocycles. The number of nitrogens with zero attached hydrogens (tertiary/aromatic N) is 3. The Bertz CT molecular complexity index is 924. The molecule has 5 nitrogen and oxygen atoms in total. The molecule has 0 saturated heterocycles. The molecule has 0 aliphatic carbocycles. The maximum absolute atomic E-state index is 14.4. The van der Waals surface area contributed by atoms with Crippen LogP contribution >= 0.6 is 24.0 Å². The second-order valence-electron chi connectivity index (χ2n) is 7.28. The van der Waals surface area contributed by atoms with Gasteiger partial charge in [-0.1, -0.05) is 50.2 Å². The van der Waals surface area contributed by atoms with E-state index in [4.69, 9.17) is 0 Å². The number of halogens is 2. The zero-order valence-corrected chi connectivity index (χ0v) is 19.2. The van der Waals surface area contributed by atoms with Crippen molar-refractivity contribution in [2.45, 2.75) is 25.8 Å². The fourth-order valence-corrected chi connectivity index (χ4v) is 2.97. The van der Waals surface area contributed by atoms with E-state index in [2.05, 4.69) is 46.6 Å². The molecule has 0 radical (unpaired) electrons. The summed E-state index contributed by atoms with van der Waals surface area (Å²) in [6, 6.07) is 15.5. The van der Waals surface area contributed by atoms with Crippen LogP contribution in [-0.2, 0) is 12.0 Å². The molecule has 2 N–H and O–H groups in total. The van der Waals surface area contributed by atoms with E-state index in [1.165, 1.54) is 11.6 Å². The molecule has 0 spiro atoms. The number of hydrogen-bond donors (Lipinski definition) is 2. The van der Waals surface area contributed by atoms with Crippen LogP contribution in [0.4, 0.5) is 4.39 Å². The van der Waals surface area contributed by atoms with Gasteiger partial charge in [0.25, 0.3) is 0 Å². The van der Waals surface area contributed by atoms with Crippen LogP contribution in [0.2, 0.25) is 0 Å². The summed E-state index contributed by atoms with van der Waals surface area (Å²) >= 11 is 0. The number of rotatable bonds is 6. The normalized spacial score (nSPS) is 11.7. The van der Waals surface area contributed by atoms with Gasteiger partial charge in [-0.2, -0.15) is 0 Å². The molecular weight excluding hydrogens is 480 g/mol. The van der Waals surface area contributed by atoms with Gasteiger partial charge in [-0.15, -0.1) is 24.0 Å². The van der Waals surface area contributed by atoms with E-state index in [1.54, 1.807) is 36.4 Å². The highest BCUT2D eigenvalue weighted by Gasteiger charge is 2.20. The largest absolute Gasteiger partial charge is 0.356 e. The van der Waals surface area contributed by atoms with E-state index >= 15 is 0 Å². The topological polar surface area (TPSA) is 54.2 Å². The quantitative estimate of drug-likeness (QED) is 0.298. The van der Waals surface area contributed by atoms with Crippen molar-refractivity contribution in [2.75, 3.05) is 13.6 Å². The van der Waals surface area contributed by atoms with Gasteiger partial charge in [-0.05, 0) is 23.3 Å². The Hall–Kier alpha value is -2.42. The highest BCUT2D eigenvalue weighted by molar-refractivity contribution is 14.0. The molecule has 0 amide bonds. The molecule has 0 fully saturated rings. The van der Waals surface area contributed by atoms with Gasteiger partial charge in [0.1, 0.15) is 5.82 Å². The van der Waals surface area contributed by atoms with Gasteiger partial charge < -0.3 is 15.2 Å². The van der Waals surface area contributed by atoms with Crippen LogP contribution in [0.25, 0.3) is 5.69 Å². The number of aliphatic imine (C=N–C) groups is 1.